The van der Waals surface area contributed by atoms with Gasteiger partial charge in [0, 0.05) is 12.6 Å². The SMILES string of the molecule is Cc1cc(C)cc(CC(N)C2CCOC2)c1. The van der Waals surface area contributed by atoms with Crippen LogP contribution in [0.15, 0.2) is 18.2 Å². The molecule has 1 aliphatic heterocycles. The van der Waals surface area contributed by atoms with Crippen molar-refractivity contribution in [2.75, 3.05) is 13.2 Å². The monoisotopic (exact) mass is 219 g/mol. The van der Waals surface area contributed by atoms with Gasteiger partial charge in [-0.1, -0.05) is 29.3 Å². The molecule has 1 aromatic carbocycles. The van der Waals surface area contributed by atoms with Crippen molar-refractivity contribution < 1.29 is 4.74 Å². The molecule has 2 N–H and O–H groups in total. The van der Waals surface area contributed by atoms with Crippen LogP contribution in [0.2, 0.25) is 0 Å². The molecule has 2 heteroatoms. The van der Waals surface area contributed by atoms with Crippen LogP contribution >= 0.6 is 0 Å². The normalized spacial score (nSPS) is 22.3. The van der Waals surface area contributed by atoms with Crippen LogP contribution in [0.4, 0.5) is 0 Å². The van der Waals surface area contributed by atoms with Gasteiger partial charge in [0.05, 0.1) is 6.61 Å². The van der Waals surface area contributed by atoms with Gasteiger partial charge in [-0.3, -0.25) is 0 Å². The summed E-state index contributed by atoms with van der Waals surface area (Å²) in [4.78, 5) is 0. The first kappa shape index (κ1) is 11.6. The highest BCUT2D eigenvalue weighted by atomic mass is 16.5. The van der Waals surface area contributed by atoms with E-state index < -0.39 is 0 Å². The van der Waals surface area contributed by atoms with E-state index in [1.54, 1.807) is 0 Å². The number of rotatable bonds is 3. The summed E-state index contributed by atoms with van der Waals surface area (Å²) >= 11 is 0. The van der Waals surface area contributed by atoms with E-state index in [4.69, 9.17) is 10.5 Å². The molecule has 1 heterocycles. The van der Waals surface area contributed by atoms with Crippen molar-refractivity contribution in [3.8, 4) is 0 Å². The minimum Gasteiger partial charge on any atom is -0.381 e. The predicted octanol–water partition coefficient (Wildman–Crippen LogP) is 2.21. The Labute approximate surface area is 97.8 Å². The van der Waals surface area contributed by atoms with Gasteiger partial charge in [0.25, 0.3) is 0 Å². The van der Waals surface area contributed by atoms with Crippen molar-refractivity contribution in [3.63, 3.8) is 0 Å². The molecule has 2 rings (SSSR count). The van der Waals surface area contributed by atoms with Gasteiger partial charge in [0.15, 0.2) is 0 Å². The van der Waals surface area contributed by atoms with Gasteiger partial charge in [0.1, 0.15) is 0 Å². The Morgan fingerprint density at radius 1 is 1.31 bits per heavy atom. The highest BCUT2D eigenvalue weighted by Crippen LogP contribution is 2.19. The maximum atomic E-state index is 6.23. The Morgan fingerprint density at radius 2 is 2.00 bits per heavy atom. The van der Waals surface area contributed by atoms with E-state index in [1.165, 1.54) is 16.7 Å². The standard InChI is InChI=1S/C14H21NO/c1-10-5-11(2)7-12(6-10)8-14(15)13-3-4-16-9-13/h5-7,13-14H,3-4,8-9,15H2,1-2H3. The summed E-state index contributed by atoms with van der Waals surface area (Å²) in [5, 5.41) is 0. The lowest BCUT2D eigenvalue weighted by Crippen LogP contribution is -2.32. The largest absolute Gasteiger partial charge is 0.381 e. The van der Waals surface area contributed by atoms with Crippen LogP contribution in [0.25, 0.3) is 0 Å². The second-order valence-electron chi connectivity index (χ2n) is 4.99. The van der Waals surface area contributed by atoms with Gasteiger partial charge in [-0.05, 0) is 38.2 Å². The number of hydrogen-bond acceptors (Lipinski definition) is 2. The highest BCUT2D eigenvalue weighted by molar-refractivity contribution is 5.29. The topological polar surface area (TPSA) is 35.2 Å². The summed E-state index contributed by atoms with van der Waals surface area (Å²) in [6, 6.07) is 6.92. The molecule has 1 saturated heterocycles. The first-order valence-electron chi connectivity index (χ1n) is 6.05. The van der Waals surface area contributed by atoms with Crippen LogP contribution in [0.5, 0.6) is 0 Å². The number of ether oxygens (including phenoxy) is 1. The molecule has 0 aliphatic carbocycles. The fraction of sp³-hybridized carbons (Fsp3) is 0.571. The Hall–Kier alpha value is -0.860. The van der Waals surface area contributed by atoms with Crippen LogP contribution in [0.1, 0.15) is 23.1 Å². The molecule has 0 bridgehead atoms. The molecule has 0 spiro atoms. The quantitative estimate of drug-likeness (QED) is 0.846. The molecular formula is C14H21NO. The van der Waals surface area contributed by atoms with Crippen molar-refractivity contribution in [1.82, 2.24) is 0 Å². The van der Waals surface area contributed by atoms with Gasteiger partial charge in [0.2, 0.25) is 0 Å². The minimum atomic E-state index is 0.240. The van der Waals surface area contributed by atoms with Gasteiger partial charge >= 0.3 is 0 Å². The molecule has 1 aliphatic rings. The molecule has 88 valence electrons. The summed E-state index contributed by atoms with van der Waals surface area (Å²) in [6.07, 6.45) is 2.09. The molecule has 0 aromatic heterocycles. The summed E-state index contributed by atoms with van der Waals surface area (Å²) in [6.45, 7) is 6.00. The lowest BCUT2D eigenvalue weighted by atomic mass is 9.92. The third-order valence-corrected chi connectivity index (χ3v) is 3.32. The highest BCUT2D eigenvalue weighted by Gasteiger charge is 2.22. The lowest BCUT2D eigenvalue weighted by Gasteiger charge is -2.18. The second-order valence-corrected chi connectivity index (χ2v) is 4.99. The van der Waals surface area contributed by atoms with E-state index in [9.17, 15) is 0 Å². The van der Waals surface area contributed by atoms with Crippen LogP contribution in [-0.4, -0.2) is 19.3 Å². The van der Waals surface area contributed by atoms with Gasteiger partial charge in [-0.25, -0.2) is 0 Å². The third-order valence-electron chi connectivity index (χ3n) is 3.32. The van der Waals surface area contributed by atoms with Crippen molar-refractivity contribution >= 4 is 0 Å². The van der Waals surface area contributed by atoms with E-state index in [1.807, 2.05) is 0 Å². The van der Waals surface area contributed by atoms with Gasteiger partial charge in [-0.2, -0.15) is 0 Å². The fourth-order valence-electron chi connectivity index (χ4n) is 2.52. The van der Waals surface area contributed by atoms with Crippen molar-refractivity contribution in [2.45, 2.75) is 32.7 Å². The summed E-state index contributed by atoms with van der Waals surface area (Å²) in [5.74, 6) is 0.542. The number of nitrogens with two attached hydrogens (primary N) is 1. The molecule has 1 fully saturated rings. The van der Waals surface area contributed by atoms with Crippen LogP contribution < -0.4 is 5.73 Å². The lowest BCUT2D eigenvalue weighted by molar-refractivity contribution is 0.180. The Balaban J connectivity index is 2.02. The van der Waals surface area contributed by atoms with Crippen molar-refractivity contribution in [2.24, 2.45) is 11.7 Å². The van der Waals surface area contributed by atoms with Crippen LogP contribution in [0.3, 0.4) is 0 Å². The smallest absolute Gasteiger partial charge is 0.0510 e. The van der Waals surface area contributed by atoms with E-state index in [0.717, 1.165) is 26.1 Å². The van der Waals surface area contributed by atoms with Crippen LogP contribution in [-0.2, 0) is 11.2 Å². The third kappa shape index (κ3) is 2.83. The summed E-state index contributed by atoms with van der Waals surface area (Å²) in [5.41, 5.74) is 10.2. The minimum absolute atomic E-state index is 0.240. The molecule has 2 nitrogen and oxygen atoms in total. The first-order valence-corrected chi connectivity index (χ1v) is 6.05. The molecule has 0 saturated carbocycles. The number of benzene rings is 1. The van der Waals surface area contributed by atoms with Crippen molar-refractivity contribution in [3.05, 3.63) is 34.9 Å². The second kappa shape index (κ2) is 4.98. The van der Waals surface area contributed by atoms with E-state index in [-0.39, 0.29) is 6.04 Å². The Kier molecular flexibility index (Phi) is 3.62. The van der Waals surface area contributed by atoms with Crippen molar-refractivity contribution in [1.29, 1.82) is 0 Å². The maximum Gasteiger partial charge on any atom is 0.0510 e. The zero-order valence-corrected chi connectivity index (χ0v) is 10.2. The molecule has 2 unspecified atom stereocenters. The van der Waals surface area contributed by atoms with E-state index in [0.29, 0.717) is 5.92 Å². The number of hydrogen-bond donors (Lipinski definition) is 1. The molecule has 1 aromatic rings. The molecular weight excluding hydrogens is 198 g/mol. The molecule has 0 amide bonds. The maximum absolute atomic E-state index is 6.23. The zero-order valence-electron chi connectivity index (χ0n) is 10.2. The fourth-order valence-corrected chi connectivity index (χ4v) is 2.52. The Morgan fingerprint density at radius 3 is 2.56 bits per heavy atom. The number of aryl methyl sites for hydroxylation is 2. The zero-order chi connectivity index (χ0) is 11.5. The van der Waals surface area contributed by atoms with E-state index in [2.05, 4.69) is 32.0 Å². The summed E-state index contributed by atoms with van der Waals surface area (Å²) in [7, 11) is 0. The van der Waals surface area contributed by atoms with Gasteiger partial charge < -0.3 is 10.5 Å². The van der Waals surface area contributed by atoms with Gasteiger partial charge in [-0.15, -0.1) is 0 Å². The average molecular weight is 219 g/mol. The summed E-state index contributed by atoms with van der Waals surface area (Å²) < 4.78 is 5.38. The first-order chi connectivity index (χ1) is 7.65. The molecule has 16 heavy (non-hydrogen) atoms. The average Bonchev–Trinajstić information content (AvgIpc) is 2.68. The Bertz CT molecular complexity index is 336. The predicted molar refractivity (Wildman–Crippen MR) is 66.5 cm³/mol. The van der Waals surface area contributed by atoms with Crippen LogP contribution in [0, 0.1) is 19.8 Å². The molecule has 0 radical (unpaired) electrons. The molecule has 2 atom stereocenters. The van der Waals surface area contributed by atoms with E-state index >= 15 is 0 Å².